The second-order valence-electron chi connectivity index (χ2n) is 6.59. The SMILES string of the molecule is Cc1cc(S(=O)(=O)Nc2ccc(Cl)cc2)ccc1OCC(=O)NCc1ccccc1. The first-order chi connectivity index (χ1) is 14.3. The molecule has 8 heteroatoms. The fourth-order valence-corrected chi connectivity index (χ4v) is 3.94. The summed E-state index contributed by atoms with van der Waals surface area (Å²) in [5.41, 5.74) is 2.00. The number of hydrogen-bond donors (Lipinski definition) is 2. The molecule has 6 nitrogen and oxygen atoms in total. The van der Waals surface area contributed by atoms with Gasteiger partial charge in [0.25, 0.3) is 15.9 Å². The van der Waals surface area contributed by atoms with Gasteiger partial charge in [0.05, 0.1) is 4.90 Å². The first-order valence-corrected chi connectivity index (χ1v) is 11.0. The lowest BCUT2D eigenvalue weighted by molar-refractivity contribution is -0.123. The molecule has 0 saturated carbocycles. The Morgan fingerprint density at radius 2 is 1.70 bits per heavy atom. The number of amides is 1. The van der Waals surface area contributed by atoms with Crippen LogP contribution in [-0.2, 0) is 21.4 Å². The van der Waals surface area contributed by atoms with Crippen molar-refractivity contribution in [3.05, 3.63) is 88.9 Å². The molecule has 0 unspecified atom stereocenters. The van der Waals surface area contributed by atoms with Gasteiger partial charge in [-0.3, -0.25) is 9.52 Å². The maximum absolute atomic E-state index is 12.6. The number of carbonyl (C=O) groups is 1. The van der Waals surface area contributed by atoms with E-state index in [1.807, 2.05) is 30.3 Å². The molecule has 0 aromatic heterocycles. The summed E-state index contributed by atoms with van der Waals surface area (Å²) in [6, 6.07) is 20.4. The van der Waals surface area contributed by atoms with E-state index in [-0.39, 0.29) is 17.4 Å². The lowest BCUT2D eigenvalue weighted by atomic mass is 10.2. The van der Waals surface area contributed by atoms with Crippen molar-refractivity contribution >= 4 is 33.2 Å². The van der Waals surface area contributed by atoms with Crippen LogP contribution in [0.25, 0.3) is 0 Å². The summed E-state index contributed by atoms with van der Waals surface area (Å²) in [4.78, 5) is 12.1. The Kier molecular flexibility index (Phi) is 6.97. The van der Waals surface area contributed by atoms with E-state index >= 15 is 0 Å². The number of hydrogen-bond acceptors (Lipinski definition) is 4. The molecule has 0 atom stereocenters. The highest BCUT2D eigenvalue weighted by molar-refractivity contribution is 7.92. The Balaban J connectivity index is 1.59. The smallest absolute Gasteiger partial charge is 0.261 e. The number of carbonyl (C=O) groups excluding carboxylic acids is 1. The van der Waals surface area contributed by atoms with Gasteiger partial charge in [0.15, 0.2) is 6.61 Å². The normalized spacial score (nSPS) is 11.0. The Morgan fingerprint density at radius 1 is 1.00 bits per heavy atom. The van der Waals surface area contributed by atoms with Crippen LogP contribution in [0.2, 0.25) is 5.02 Å². The van der Waals surface area contributed by atoms with Crippen molar-refractivity contribution in [3.63, 3.8) is 0 Å². The third-order valence-corrected chi connectivity index (χ3v) is 5.88. The van der Waals surface area contributed by atoms with Crippen molar-refractivity contribution in [2.75, 3.05) is 11.3 Å². The number of benzene rings is 3. The number of sulfonamides is 1. The van der Waals surface area contributed by atoms with E-state index in [1.165, 1.54) is 18.2 Å². The molecule has 0 bridgehead atoms. The predicted molar refractivity (Wildman–Crippen MR) is 117 cm³/mol. The molecule has 0 radical (unpaired) electrons. The number of nitrogens with one attached hydrogen (secondary N) is 2. The van der Waals surface area contributed by atoms with Crippen molar-refractivity contribution in [1.29, 1.82) is 0 Å². The second-order valence-corrected chi connectivity index (χ2v) is 8.71. The molecular weight excluding hydrogens is 424 g/mol. The van der Waals surface area contributed by atoms with Gasteiger partial charge in [-0.15, -0.1) is 0 Å². The van der Waals surface area contributed by atoms with Crippen molar-refractivity contribution in [2.24, 2.45) is 0 Å². The number of halogens is 1. The van der Waals surface area contributed by atoms with Crippen LogP contribution >= 0.6 is 11.6 Å². The minimum atomic E-state index is -3.76. The van der Waals surface area contributed by atoms with Crippen LogP contribution in [0, 0.1) is 6.92 Å². The Morgan fingerprint density at radius 3 is 2.37 bits per heavy atom. The van der Waals surface area contributed by atoms with E-state index in [9.17, 15) is 13.2 Å². The minimum Gasteiger partial charge on any atom is -0.484 e. The topological polar surface area (TPSA) is 84.5 Å². The zero-order valence-electron chi connectivity index (χ0n) is 16.3. The fourth-order valence-electron chi connectivity index (χ4n) is 2.67. The summed E-state index contributed by atoms with van der Waals surface area (Å²) >= 11 is 5.82. The average Bonchev–Trinajstić information content (AvgIpc) is 2.73. The number of anilines is 1. The molecular formula is C22H21ClN2O4S. The van der Waals surface area contributed by atoms with Crippen LogP contribution < -0.4 is 14.8 Å². The monoisotopic (exact) mass is 444 g/mol. The summed E-state index contributed by atoms with van der Waals surface area (Å²) in [5, 5.41) is 3.29. The molecule has 2 N–H and O–H groups in total. The third-order valence-electron chi connectivity index (χ3n) is 4.24. The molecule has 0 aliphatic rings. The maximum atomic E-state index is 12.6. The van der Waals surface area contributed by atoms with Crippen LogP contribution in [-0.4, -0.2) is 20.9 Å². The van der Waals surface area contributed by atoms with Crippen LogP contribution in [0.15, 0.2) is 77.7 Å². The highest BCUT2D eigenvalue weighted by Crippen LogP contribution is 2.24. The van der Waals surface area contributed by atoms with Gasteiger partial charge in [-0.1, -0.05) is 41.9 Å². The molecule has 156 valence electrons. The van der Waals surface area contributed by atoms with E-state index in [0.717, 1.165) is 5.56 Å². The van der Waals surface area contributed by atoms with E-state index in [1.54, 1.807) is 31.2 Å². The van der Waals surface area contributed by atoms with Gasteiger partial charge in [0.1, 0.15) is 5.75 Å². The molecule has 0 saturated heterocycles. The van der Waals surface area contributed by atoms with Crippen molar-refractivity contribution in [3.8, 4) is 5.75 Å². The molecule has 0 fully saturated rings. The summed E-state index contributed by atoms with van der Waals surface area (Å²) in [5.74, 6) is 0.176. The zero-order valence-corrected chi connectivity index (χ0v) is 17.8. The van der Waals surface area contributed by atoms with Crippen LogP contribution in [0.3, 0.4) is 0 Å². The molecule has 3 aromatic carbocycles. The predicted octanol–water partition coefficient (Wildman–Crippen LogP) is 4.14. The second kappa shape index (κ2) is 9.65. The van der Waals surface area contributed by atoms with E-state index in [2.05, 4.69) is 10.0 Å². The molecule has 0 aliphatic heterocycles. The largest absolute Gasteiger partial charge is 0.484 e. The number of ether oxygens (including phenoxy) is 1. The lowest BCUT2D eigenvalue weighted by Crippen LogP contribution is -2.28. The van der Waals surface area contributed by atoms with Gasteiger partial charge >= 0.3 is 0 Å². The van der Waals surface area contributed by atoms with Gasteiger partial charge in [-0.2, -0.15) is 0 Å². The van der Waals surface area contributed by atoms with Gasteiger partial charge in [0, 0.05) is 17.3 Å². The summed E-state index contributed by atoms with van der Waals surface area (Å²) in [7, 11) is -3.76. The van der Waals surface area contributed by atoms with E-state index in [0.29, 0.717) is 28.6 Å². The average molecular weight is 445 g/mol. The molecule has 0 heterocycles. The first kappa shape index (κ1) is 21.7. The molecule has 0 spiro atoms. The molecule has 3 aromatic rings. The standard InChI is InChI=1S/C22H21ClN2O4S/c1-16-13-20(30(27,28)25-19-9-7-18(23)8-10-19)11-12-21(16)29-15-22(26)24-14-17-5-3-2-4-6-17/h2-13,25H,14-15H2,1H3,(H,24,26). The van der Waals surface area contributed by atoms with Crippen LogP contribution in [0.4, 0.5) is 5.69 Å². The fraction of sp³-hybridized carbons (Fsp3) is 0.136. The van der Waals surface area contributed by atoms with Gasteiger partial charge in [-0.25, -0.2) is 8.42 Å². The van der Waals surface area contributed by atoms with Crippen molar-refractivity contribution in [1.82, 2.24) is 5.32 Å². The lowest BCUT2D eigenvalue weighted by Gasteiger charge is -2.12. The molecule has 1 amide bonds. The van der Waals surface area contributed by atoms with Crippen LogP contribution in [0.5, 0.6) is 5.75 Å². The Bertz CT molecular complexity index is 1120. The zero-order chi connectivity index (χ0) is 21.6. The van der Waals surface area contributed by atoms with Crippen molar-refractivity contribution in [2.45, 2.75) is 18.4 Å². The summed E-state index contributed by atoms with van der Waals surface area (Å²) in [6.45, 7) is 1.97. The highest BCUT2D eigenvalue weighted by atomic mass is 35.5. The third kappa shape index (κ3) is 5.98. The van der Waals surface area contributed by atoms with Gasteiger partial charge in [-0.05, 0) is 60.5 Å². The number of rotatable bonds is 8. The highest BCUT2D eigenvalue weighted by Gasteiger charge is 2.16. The summed E-state index contributed by atoms with van der Waals surface area (Å²) in [6.07, 6.45) is 0. The van der Waals surface area contributed by atoms with Crippen molar-refractivity contribution < 1.29 is 17.9 Å². The quantitative estimate of drug-likeness (QED) is 0.546. The molecule has 30 heavy (non-hydrogen) atoms. The number of aryl methyl sites for hydroxylation is 1. The first-order valence-electron chi connectivity index (χ1n) is 9.16. The summed E-state index contributed by atoms with van der Waals surface area (Å²) < 4.78 is 33.2. The molecule has 3 rings (SSSR count). The molecule has 0 aliphatic carbocycles. The van der Waals surface area contributed by atoms with Crippen LogP contribution in [0.1, 0.15) is 11.1 Å². The Hall–Kier alpha value is -3.03. The maximum Gasteiger partial charge on any atom is 0.261 e. The van der Waals surface area contributed by atoms with Gasteiger partial charge < -0.3 is 10.1 Å². The Labute approximate surface area is 180 Å². The van der Waals surface area contributed by atoms with Gasteiger partial charge in [0.2, 0.25) is 0 Å². The minimum absolute atomic E-state index is 0.0934. The van der Waals surface area contributed by atoms with E-state index in [4.69, 9.17) is 16.3 Å². The van der Waals surface area contributed by atoms with E-state index < -0.39 is 10.0 Å².